The highest BCUT2D eigenvalue weighted by Crippen LogP contribution is 2.26. The van der Waals surface area contributed by atoms with E-state index in [4.69, 9.17) is 16.3 Å². The van der Waals surface area contributed by atoms with Gasteiger partial charge in [0.15, 0.2) is 11.6 Å². The highest BCUT2D eigenvalue weighted by molar-refractivity contribution is 6.28. The molecule has 1 N–H and O–H groups in total. The van der Waals surface area contributed by atoms with E-state index in [-0.39, 0.29) is 22.7 Å². The van der Waals surface area contributed by atoms with Gasteiger partial charge in [0.25, 0.3) is 0 Å². The average molecular weight is 260 g/mol. The Morgan fingerprint density at radius 1 is 1.59 bits per heavy atom. The van der Waals surface area contributed by atoms with Crippen LogP contribution < -0.4 is 5.32 Å². The second-order valence-corrected chi connectivity index (χ2v) is 5.12. The molecule has 0 spiro atoms. The molecule has 1 aliphatic rings. The molecule has 0 saturated carbocycles. The zero-order valence-electron chi connectivity index (χ0n) is 9.83. The first kappa shape index (κ1) is 12.5. The van der Waals surface area contributed by atoms with Crippen LogP contribution in [0.2, 0.25) is 5.28 Å². The summed E-state index contributed by atoms with van der Waals surface area (Å²) in [5.41, 5.74) is -0.191. The van der Waals surface area contributed by atoms with Gasteiger partial charge in [-0.25, -0.2) is 9.37 Å². The lowest BCUT2D eigenvalue weighted by atomic mass is 9.94. The van der Waals surface area contributed by atoms with Crippen molar-refractivity contribution >= 4 is 17.4 Å². The molecule has 1 aromatic rings. The summed E-state index contributed by atoms with van der Waals surface area (Å²) in [6, 6.07) is 0.138. The highest BCUT2D eigenvalue weighted by Gasteiger charge is 2.29. The molecule has 0 aromatic carbocycles. The van der Waals surface area contributed by atoms with Crippen LogP contribution in [0.1, 0.15) is 26.7 Å². The number of ether oxygens (including phenoxy) is 1. The first-order valence-corrected chi connectivity index (χ1v) is 5.93. The van der Waals surface area contributed by atoms with Crippen molar-refractivity contribution in [3.8, 4) is 0 Å². The van der Waals surface area contributed by atoms with E-state index in [1.807, 2.05) is 13.8 Å². The number of halogens is 2. The van der Waals surface area contributed by atoms with Gasteiger partial charge in [-0.3, -0.25) is 0 Å². The summed E-state index contributed by atoms with van der Waals surface area (Å²) in [6.45, 7) is 4.69. The molecule has 17 heavy (non-hydrogen) atoms. The Hall–Kier alpha value is -0.940. The summed E-state index contributed by atoms with van der Waals surface area (Å²) in [5, 5.41) is 3.10. The molecule has 1 aliphatic heterocycles. The van der Waals surface area contributed by atoms with E-state index in [9.17, 15) is 4.39 Å². The Balaban J connectivity index is 2.07. The van der Waals surface area contributed by atoms with Gasteiger partial charge < -0.3 is 10.1 Å². The van der Waals surface area contributed by atoms with Crippen molar-refractivity contribution in [1.82, 2.24) is 9.97 Å². The quantitative estimate of drug-likeness (QED) is 0.830. The molecule has 1 unspecified atom stereocenters. The van der Waals surface area contributed by atoms with Gasteiger partial charge in [-0.15, -0.1) is 0 Å². The number of anilines is 1. The molecule has 0 aliphatic carbocycles. The van der Waals surface area contributed by atoms with Crippen molar-refractivity contribution < 1.29 is 9.13 Å². The third-order valence-corrected chi connectivity index (χ3v) is 2.93. The van der Waals surface area contributed by atoms with Crippen LogP contribution in [0, 0.1) is 5.82 Å². The van der Waals surface area contributed by atoms with Crippen LogP contribution in [0.5, 0.6) is 0 Å². The minimum absolute atomic E-state index is 0.0419. The van der Waals surface area contributed by atoms with Crippen molar-refractivity contribution in [2.24, 2.45) is 0 Å². The van der Waals surface area contributed by atoms with Gasteiger partial charge in [-0.1, -0.05) is 0 Å². The molecular formula is C11H15ClFN3O. The first-order valence-electron chi connectivity index (χ1n) is 5.55. The second kappa shape index (κ2) is 4.74. The fourth-order valence-corrected chi connectivity index (χ4v) is 2.13. The Bertz CT molecular complexity index is 414. The average Bonchev–Trinajstić information content (AvgIpc) is 2.22. The largest absolute Gasteiger partial charge is 0.375 e. The molecule has 94 valence electrons. The monoisotopic (exact) mass is 259 g/mol. The number of hydrogen-bond donors (Lipinski definition) is 1. The fourth-order valence-electron chi connectivity index (χ4n) is 2.00. The number of rotatable bonds is 2. The summed E-state index contributed by atoms with van der Waals surface area (Å²) in [5.74, 6) is -0.327. The van der Waals surface area contributed by atoms with Crippen molar-refractivity contribution in [2.45, 2.75) is 38.3 Å². The number of nitrogens with one attached hydrogen (secondary N) is 1. The van der Waals surface area contributed by atoms with Gasteiger partial charge in [-0.2, -0.15) is 4.98 Å². The third-order valence-electron chi connectivity index (χ3n) is 2.75. The summed E-state index contributed by atoms with van der Waals surface area (Å²) < 4.78 is 19.0. The molecule has 0 amide bonds. The van der Waals surface area contributed by atoms with Crippen LogP contribution in [0.15, 0.2) is 6.20 Å². The van der Waals surface area contributed by atoms with Crippen LogP contribution in [0.3, 0.4) is 0 Å². The summed E-state index contributed by atoms with van der Waals surface area (Å²) >= 11 is 5.64. The topological polar surface area (TPSA) is 47.0 Å². The minimum Gasteiger partial charge on any atom is -0.375 e. The SMILES string of the molecule is CC1(C)CC(Nc2nc(Cl)ncc2F)CCO1. The molecule has 2 rings (SSSR count). The van der Waals surface area contributed by atoms with Gasteiger partial charge in [0.05, 0.1) is 11.8 Å². The molecule has 0 radical (unpaired) electrons. The van der Waals surface area contributed by atoms with Gasteiger partial charge in [0.1, 0.15) is 0 Å². The molecule has 2 heterocycles. The van der Waals surface area contributed by atoms with E-state index in [1.54, 1.807) is 0 Å². The van der Waals surface area contributed by atoms with E-state index in [0.29, 0.717) is 6.61 Å². The first-order chi connectivity index (χ1) is 7.96. The number of nitrogens with zero attached hydrogens (tertiary/aromatic N) is 2. The van der Waals surface area contributed by atoms with Crippen LogP contribution in [-0.2, 0) is 4.74 Å². The van der Waals surface area contributed by atoms with Crippen LogP contribution in [0.25, 0.3) is 0 Å². The van der Waals surface area contributed by atoms with E-state index in [2.05, 4.69) is 15.3 Å². The molecule has 1 saturated heterocycles. The van der Waals surface area contributed by atoms with Crippen molar-refractivity contribution in [1.29, 1.82) is 0 Å². The predicted molar refractivity (Wildman–Crippen MR) is 63.7 cm³/mol. The van der Waals surface area contributed by atoms with Crippen molar-refractivity contribution in [3.63, 3.8) is 0 Å². The number of aromatic nitrogens is 2. The third kappa shape index (κ3) is 3.26. The van der Waals surface area contributed by atoms with Crippen molar-refractivity contribution in [3.05, 3.63) is 17.3 Å². The molecule has 6 heteroatoms. The lowest BCUT2D eigenvalue weighted by Crippen LogP contribution is -2.40. The summed E-state index contributed by atoms with van der Waals surface area (Å²) in [4.78, 5) is 7.42. The van der Waals surface area contributed by atoms with Gasteiger partial charge in [0, 0.05) is 12.6 Å². The Kier molecular flexibility index (Phi) is 3.49. The normalized spacial score (nSPS) is 23.4. The second-order valence-electron chi connectivity index (χ2n) is 4.78. The van der Waals surface area contributed by atoms with Crippen LogP contribution in [-0.4, -0.2) is 28.2 Å². The van der Waals surface area contributed by atoms with Crippen LogP contribution in [0.4, 0.5) is 10.2 Å². The molecular weight excluding hydrogens is 245 g/mol. The Labute approximate surface area is 105 Å². The van der Waals surface area contributed by atoms with E-state index < -0.39 is 5.82 Å². The molecule has 1 atom stereocenters. The predicted octanol–water partition coefficient (Wildman–Crippen LogP) is 2.64. The van der Waals surface area contributed by atoms with E-state index in [1.165, 1.54) is 0 Å². The molecule has 1 aromatic heterocycles. The zero-order valence-corrected chi connectivity index (χ0v) is 10.6. The van der Waals surface area contributed by atoms with Crippen molar-refractivity contribution in [2.75, 3.05) is 11.9 Å². The Morgan fingerprint density at radius 3 is 3.06 bits per heavy atom. The van der Waals surface area contributed by atoms with Gasteiger partial charge in [0.2, 0.25) is 5.28 Å². The lowest BCUT2D eigenvalue weighted by molar-refractivity contribution is -0.0553. The molecule has 4 nitrogen and oxygen atoms in total. The molecule has 0 bridgehead atoms. The Morgan fingerprint density at radius 2 is 2.35 bits per heavy atom. The zero-order chi connectivity index (χ0) is 12.5. The van der Waals surface area contributed by atoms with E-state index >= 15 is 0 Å². The maximum Gasteiger partial charge on any atom is 0.224 e. The van der Waals surface area contributed by atoms with E-state index in [0.717, 1.165) is 19.0 Å². The smallest absolute Gasteiger partial charge is 0.224 e. The standard InChI is InChI=1S/C11H15ClFN3O/c1-11(2)5-7(3-4-17-11)15-9-8(13)6-14-10(12)16-9/h6-7H,3-5H2,1-2H3,(H,14,15,16). The summed E-state index contributed by atoms with van der Waals surface area (Å²) in [7, 11) is 0. The van der Waals surface area contributed by atoms with Gasteiger partial charge in [-0.05, 0) is 38.3 Å². The maximum absolute atomic E-state index is 13.4. The summed E-state index contributed by atoms with van der Waals surface area (Å²) in [6.07, 6.45) is 2.70. The molecule has 1 fully saturated rings. The fraction of sp³-hybridized carbons (Fsp3) is 0.636. The highest BCUT2D eigenvalue weighted by atomic mass is 35.5. The minimum atomic E-state index is -0.487. The number of hydrogen-bond acceptors (Lipinski definition) is 4. The lowest BCUT2D eigenvalue weighted by Gasteiger charge is -2.36. The van der Waals surface area contributed by atoms with Gasteiger partial charge >= 0.3 is 0 Å². The maximum atomic E-state index is 13.4. The van der Waals surface area contributed by atoms with Crippen LogP contribution >= 0.6 is 11.6 Å².